The van der Waals surface area contributed by atoms with Crippen LogP contribution in [0.3, 0.4) is 0 Å². The van der Waals surface area contributed by atoms with Gasteiger partial charge in [0.25, 0.3) is 0 Å². The van der Waals surface area contributed by atoms with Crippen LogP contribution in [0.15, 0.2) is 21.3 Å². The molecule has 0 radical (unpaired) electrons. The molecule has 20 heavy (non-hydrogen) atoms. The number of hydrogen-bond donors (Lipinski definition) is 3. The second-order valence-electron chi connectivity index (χ2n) is 4.67. The van der Waals surface area contributed by atoms with Crippen LogP contribution in [0, 0.1) is 6.92 Å². The van der Waals surface area contributed by atoms with Gasteiger partial charge in [-0.05, 0) is 13.8 Å². The van der Waals surface area contributed by atoms with Gasteiger partial charge in [0.05, 0.1) is 24.5 Å². The number of hydrogen-bond acceptors (Lipinski definition) is 7. The molecule has 2 aliphatic heterocycles. The van der Waals surface area contributed by atoms with Crippen LogP contribution in [-0.2, 0) is 0 Å². The van der Waals surface area contributed by atoms with Crippen molar-refractivity contribution in [1.29, 1.82) is 0 Å². The van der Waals surface area contributed by atoms with E-state index in [1.54, 1.807) is 4.68 Å². The summed E-state index contributed by atoms with van der Waals surface area (Å²) in [6, 6.07) is 0. The third-order valence-corrected chi connectivity index (χ3v) is 3.17. The van der Waals surface area contributed by atoms with E-state index in [1.807, 2.05) is 20.0 Å². The summed E-state index contributed by atoms with van der Waals surface area (Å²) in [7, 11) is 0. The zero-order valence-electron chi connectivity index (χ0n) is 11.6. The zero-order chi connectivity index (χ0) is 13.9. The number of nitrogens with zero attached hydrogens (tertiary/aromatic N) is 5. The van der Waals surface area contributed by atoms with Crippen molar-refractivity contribution in [3.8, 4) is 0 Å². The SMILES string of the molecule is C/C(=N\NC1=NCCN1)c1cn(C2=NCCN2)nc1C. The van der Waals surface area contributed by atoms with Crippen molar-refractivity contribution in [3.63, 3.8) is 0 Å². The molecule has 0 aromatic carbocycles. The maximum Gasteiger partial charge on any atom is 0.219 e. The lowest BCUT2D eigenvalue weighted by Gasteiger charge is -2.02. The van der Waals surface area contributed by atoms with Crippen LogP contribution >= 0.6 is 0 Å². The van der Waals surface area contributed by atoms with Gasteiger partial charge < -0.3 is 10.6 Å². The first-order valence-electron chi connectivity index (χ1n) is 6.68. The van der Waals surface area contributed by atoms with Crippen molar-refractivity contribution in [1.82, 2.24) is 25.8 Å². The van der Waals surface area contributed by atoms with Crippen LogP contribution in [0.2, 0.25) is 0 Å². The van der Waals surface area contributed by atoms with Crippen molar-refractivity contribution < 1.29 is 0 Å². The van der Waals surface area contributed by atoms with Gasteiger partial charge in [-0.3, -0.25) is 0 Å². The Bertz CT molecular complexity index is 595. The highest BCUT2D eigenvalue weighted by Crippen LogP contribution is 2.07. The summed E-state index contributed by atoms with van der Waals surface area (Å²) < 4.78 is 1.77. The topological polar surface area (TPSA) is 91.0 Å². The van der Waals surface area contributed by atoms with Crippen LogP contribution in [0.5, 0.6) is 0 Å². The predicted molar refractivity (Wildman–Crippen MR) is 78.3 cm³/mol. The van der Waals surface area contributed by atoms with Gasteiger partial charge in [-0.15, -0.1) is 0 Å². The van der Waals surface area contributed by atoms with Crippen LogP contribution < -0.4 is 16.1 Å². The average Bonchev–Trinajstić information content (AvgIpc) is 3.17. The third-order valence-electron chi connectivity index (χ3n) is 3.17. The van der Waals surface area contributed by atoms with E-state index < -0.39 is 0 Å². The lowest BCUT2D eigenvalue weighted by atomic mass is 10.2. The summed E-state index contributed by atoms with van der Waals surface area (Å²) in [5.74, 6) is 1.51. The van der Waals surface area contributed by atoms with Gasteiger partial charge in [0, 0.05) is 24.8 Å². The van der Waals surface area contributed by atoms with E-state index in [4.69, 9.17) is 0 Å². The largest absolute Gasteiger partial charge is 0.353 e. The first-order chi connectivity index (χ1) is 9.74. The fourth-order valence-corrected chi connectivity index (χ4v) is 2.13. The minimum absolute atomic E-state index is 0.719. The molecule has 0 saturated carbocycles. The number of nitrogens with one attached hydrogen (secondary N) is 3. The van der Waals surface area contributed by atoms with Crippen molar-refractivity contribution in [2.75, 3.05) is 26.2 Å². The number of aliphatic imine (C=N–C) groups is 2. The summed E-state index contributed by atoms with van der Waals surface area (Å²) >= 11 is 0. The molecule has 8 heteroatoms. The van der Waals surface area contributed by atoms with Crippen molar-refractivity contribution in [2.24, 2.45) is 15.1 Å². The molecule has 1 aromatic rings. The summed E-state index contributed by atoms with van der Waals surface area (Å²) in [6.07, 6.45) is 1.94. The van der Waals surface area contributed by atoms with Crippen LogP contribution in [0.4, 0.5) is 0 Å². The van der Waals surface area contributed by atoms with E-state index in [9.17, 15) is 0 Å². The van der Waals surface area contributed by atoms with E-state index in [0.717, 1.165) is 55.1 Å². The van der Waals surface area contributed by atoms with Crippen molar-refractivity contribution in [3.05, 3.63) is 17.5 Å². The van der Waals surface area contributed by atoms with Gasteiger partial charge in [0.15, 0.2) is 0 Å². The third kappa shape index (κ3) is 2.49. The minimum Gasteiger partial charge on any atom is -0.353 e. The first kappa shape index (κ1) is 12.6. The molecule has 0 aliphatic carbocycles. The van der Waals surface area contributed by atoms with Crippen LogP contribution in [-0.4, -0.2) is 53.6 Å². The summed E-state index contributed by atoms with van der Waals surface area (Å²) in [6.45, 7) is 7.22. The van der Waals surface area contributed by atoms with Crippen LogP contribution in [0.1, 0.15) is 18.2 Å². The Morgan fingerprint density at radius 2 is 2.10 bits per heavy atom. The maximum absolute atomic E-state index is 4.46. The molecule has 0 fully saturated rings. The number of rotatable bonds is 2. The van der Waals surface area contributed by atoms with E-state index >= 15 is 0 Å². The van der Waals surface area contributed by atoms with Crippen molar-refractivity contribution in [2.45, 2.75) is 13.8 Å². The molecule has 8 nitrogen and oxygen atoms in total. The molecule has 2 aliphatic rings. The highest BCUT2D eigenvalue weighted by Gasteiger charge is 2.14. The summed E-state index contributed by atoms with van der Waals surface area (Å²) in [5.41, 5.74) is 5.71. The minimum atomic E-state index is 0.719. The molecule has 3 rings (SSSR count). The lowest BCUT2D eigenvalue weighted by Crippen LogP contribution is -2.30. The molecule has 1 aromatic heterocycles. The molecular weight excluding hydrogens is 256 g/mol. The molecule has 106 valence electrons. The molecule has 0 spiro atoms. The Balaban J connectivity index is 1.76. The van der Waals surface area contributed by atoms with Crippen LogP contribution in [0.25, 0.3) is 0 Å². The van der Waals surface area contributed by atoms with E-state index in [2.05, 4.69) is 36.2 Å². The lowest BCUT2D eigenvalue weighted by molar-refractivity contribution is 0.862. The second-order valence-corrected chi connectivity index (χ2v) is 4.67. The smallest absolute Gasteiger partial charge is 0.219 e. The standard InChI is InChI=1S/C12H18N8/c1-8(17-18-11-13-3-4-14-11)10-7-20(19-9(10)2)12-15-5-6-16-12/h7H,3-6H2,1-2H3,(H,15,16)(H2,13,14,18)/b17-8+. The molecule has 0 saturated heterocycles. The highest BCUT2D eigenvalue weighted by atomic mass is 15.4. The second kappa shape index (κ2) is 5.32. The monoisotopic (exact) mass is 274 g/mol. The molecule has 0 unspecified atom stereocenters. The van der Waals surface area contributed by atoms with Gasteiger partial charge >= 0.3 is 0 Å². The normalized spacial score (nSPS) is 18.4. The number of aromatic nitrogens is 2. The van der Waals surface area contributed by atoms with Gasteiger partial charge in [-0.1, -0.05) is 0 Å². The van der Waals surface area contributed by atoms with Crippen molar-refractivity contribution >= 4 is 17.6 Å². The average molecular weight is 274 g/mol. The quantitative estimate of drug-likeness (QED) is 0.490. The van der Waals surface area contributed by atoms with Gasteiger partial charge in [-0.25, -0.2) is 20.1 Å². The molecule has 0 bridgehead atoms. The predicted octanol–water partition coefficient (Wildman–Crippen LogP) is -0.728. The Labute approximate surface area is 117 Å². The summed E-state index contributed by atoms with van der Waals surface area (Å²) in [5, 5.41) is 15.1. The van der Waals surface area contributed by atoms with E-state index in [0.29, 0.717) is 0 Å². The summed E-state index contributed by atoms with van der Waals surface area (Å²) in [4.78, 5) is 8.58. The fourth-order valence-electron chi connectivity index (χ4n) is 2.13. The Morgan fingerprint density at radius 3 is 2.80 bits per heavy atom. The van der Waals surface area contributed by atoms with Gasteiger partial charge in [0.1, 0.15) is 0 Å². The Kier molecular flexibility index (Phi) is 3.36. The number of aryl methyl sites for hydroxylation is 1. The zero-order valence-corrected chi connectivity index (χ0v) is 11.6. The molecular formula is C12H18N8. The Hall–Kier alpha value is -2.38. The van der Waals surface area contributed by atoms with Gasteiger partial charge in [0.2, 0.25) is 11.9 Å². The number of hydrazone groups is 1. The molecule has 3 N–H and O–H groups in total. The van der Waals surface area contributed by atoms with E-state index in [-0.39, 0.29) is 0 Å². The number of guanidine groups is 1. The molecule has 0 amide bonds. The maximum atomic E-state index is 4.46. The molecule has 0 atom stereocenters. The molecule has 3 heterocycles. The Morgan fingerprint density at radius 1 is 1.30 bits per heavy atom. The first-order valence-corrected chi connectivity index (χ1v) is 6.68. The van der Waals surface area contributed by atoms with Gasteiger partial charge in [-0.2, -0.15) is 10.2 Å². The fraction of sp³-hybridized carbons (Fsp3) is 0.500. The highest BCUT2D eigenvalue weighted by molar-refractivity contribution is 6.00. The van der Waals surface area contributed by atoms with E-state index in [1.165, 1.54) is 0 Å².